The fourth-order valence-corrected chi connectivity index (χ4v) is 5.01. The molecule has 0 unspecified atom stereocenters. The largest absolute Gasteiger partial charge is 0.394 e. The van der Waals surface area contributed by atoms with Crippen molar-refractivity contribution in [2.45, 2.75) is 36.8 Å². The molecule has 1 aromatic carbocycles. The van der Waals surface area contributed by atoms with Crippen molar-refractivity contribution >= 4 is 11.8 Å². The van der Waals surface area contributed by atoms with Gasteiger partial charge in [0.25, 0.3) is 5.91 Å². The molecule has 0 bridgehead atoms. The van der Waals surface area contributed by atoms with Gasteiger partial charge >= 0.3 is 0 Å². The number of benzene rings is 1. The second kappa shape index (κ2) is 6.91. The molecule has 1 aliphatic carbocycles. The van der Waals surface area contributed by atoms with Crippen LogP contribution in [-0.4, -0.2) is 68.0 Å². The van der Waals surface area contributed by atoms with E-state index in [1.807, 2.05) is 35.2 Å². The maximum Gasteiger partial charge on any atom is 0.275 e. The van der Waals surface area contributed by atoms with E-state index >= 15 is 0 Å². The SMILES string of the molecule is O=C(CC1CC1)N1CC2(C1)[C@H](c1ccccc1)[C@H](CO)N2C(=O)c1cnccn1. The van der Waals surface area contributed by atoms with Gasteiger partial charge in [0, 0.05) is 37.8 Å². The van der Waals surface area contributed by atoms with Crippen LogP contribution >= 0.6 is 0 Å². The summed E-state index contributed by atoms with van der Waals surface area (Å²) in [7, 11) is 0. The lowest BCUT2D eigenvalue weighted by Crippen LogP contribution is -2.86. The molecule has 7 nitrogen and oxygen atoms in total. The molecule has 2 amide bonds. The highest BCUT2D eigenvalue weighted by Crippen LogP contribution is 2.54. The Balaban J connectivity index is 1.45. The zero-order valence-corrected chi connectivity index (χ0v) is 16.1. The Bertz CT molecular complexity index is 910. The van der Waals surface area contributed by atoms with Crippen molar-refractivity contribution in [3.05, 3.63) is 60.2 Å². The van der Waals surface area contributed by atoms with Crippen LogP contribution in [0.2, 0.25) is 0 Å². The molecule has 5 rings (SSSR count). The van der Waals surface area contributed by atoms with Crippen LogP contribution in [0.5, 0.6) is 0 Å². The number of aliphatic hydroxyl groups is 1. The number of aromatic nitrogens is 2. The van der Waals surface area contributed by atoms with Crippen LogP contribution in [-0.2, 0) is 4.79 Å². The minimum Gasteiger partial charge on any atom is -0.394 e. The lowest BCUT2D eigenvalue weighted by Gasteiger charge is -2.70. The van der Waals surface area contributed by atoms with Crippen LogP contribution in [0.4, 0.5) is 0 Å². The number of rotatable bonds is 5. The number of likely N-dealkylation sites (tertiary alicyclic amines) is 2. The number of hydrogen-bond donors (Lipinski definition) is 1. The molecule has 1 saturated carbocycles. The van der Waals surface area contributed by atoms with Gasteiger partial charge in [-0.2, -0.15) is 0 Å². The minimum atomic E-state index is -0.497. The molecule has 1 spiro atoms. The molecule has 0 radical (unpaired) electrons. The van der Waals surface area contributed by atoms with Crippen molar-refractivity contribution < 1.29 is 14.7 Å². The molecule has 2 atom stereocenters. The Morgan fingerprint density at radius 2 is 1.90 bits per heavy atom. The average molecular weight is 392 g/mol. The van der Waals surface area contributed by atoms with E-state index in [1.54, 1.807) is 4.90 Å². The first-order valence-corrected chi connectivity index (χ1v) is 10.2. The van der Waals surface area contributed by atoms with Crippen molar-refractivity contribution in [1.29, 1.82) is 0 Å². The molecule has 2 aromatic rings. The molecule has 3 aliphatic rings. The fourth-order valence-electron chi connectivity index (χ4n) is 5.01. The molecular weight excluding hydrogens is 368 g/mol. The molecule has 2 aliphatic heterocycles. The molecular formula is C22H24N4O3. The lowest BCUT2D eigenvalue weighted by atomic mass is 9.60. The topological polar surface area (TPSA) is 86.6 Å². The third-order valence-electron chi connectivity index (χ3n) is 6.56. The zero-order valence-electron chi connectivity index (χ0n) is 16.1. The highest BCUT2D eigenvalue weighted by Gasteiger charge is 2.68. The van der Waals surface area contributed by atoms with Crippen molar-refractivity contribution in [1.82, 2.24) is 19.8 Å². The fraction of sp³-hybridized carbons (Fsp3) is 0.455. The second-order valence-electron chi connectivity index (χ2n) is 8.40. The first-order chi connectivity index (χ1) is 14.1. The van der Waals surface area contributed by atoms with E-state index in [4.69, 9.17) is 0 Å². The Hall–Kier alpha value is -2.80. The van der Waals surface area contributed by atoms with Crippen molar-refractivity contribution in [2.75, 3.05) is 19.7 Å². The first-order valence-electron chi connectivity index (χ1n) is 10.2. The summed E-state index contributed by atoms with van der Waals surface area (Å²) in [5.41, 5.74) is 0.853. The smallest absolute Gasteiger partial charge is 0.275 e. The average Bonchev–Trinajstić information content (AvgIpc) is 3.52. The van der Waals surface area contributed by atoms with Crippen LogP contribution in [0.15, 0.2) is 48.9 Å². The van der Waals surface area contributed by atoms with Crippen molar-refractivity contribution in [3.63, 3.8) is 0 Å². The van der Waals surface area contributed by atoms with Crippen molar-refractivity contribution in [2.24, 2.45) is 5.92 Å². The molecule has 1 N–H and O–H groups in total. The third kappa shape index (κ3) is 2.92. The molecule has 7 heteroatoms. The molecule has 2 saturated heterocycles. The van der Waals surface area contributed by atoms with Gasteiger partial charge in [0.1, 0.15) is 5.69 Å². The van der Waals surface area contributed by atoms with E-state index in [0.29, 0.717) is 25.4 Å². The monoisotopic (exact) mass is 392 g/mol. The summed E-state index contributed by atoms with van der Waals surface area (Å²) in [4.78, 5) is 37.6. The summed E-state index contributed by atoms with van der Waals surface area (Å²) < 4.78 is 0. The van der Waals surface area contributed by atoms with Crippen LogP contribution in [0.3, 0.4) is 0 Å². The third-order valence-corrected chi connectivity index (χ3v) is 6.56. The van der Waals surface area contributed by atoms with Crippen LogP contribution in [0.1, 0.15) is 41.2 Å². The summed E-state index contributed by atoms with van der Waals surface area (Å²) in [6.45, 7) is 0.866. The van der Waals surface area contributed by atoms with Gasteiger partial charge in [-0.3, -0.25) is 14.6 Å². The van der Waals surface area contributed by atoms with E-state index in [9.17, 15) is 14.7 Å². The van der Waals surface area contributed by atoms with E-state index < -0.39 is 5.54 Å². The maximum atomic E-state index is 13.3. The number of aliphatic hydroxyl groups excluding tert-OH is 1. The van der Waals surface area contributed by atoms with Gasteiger partial charge in [-0.05, 0) is 24.3 Å². The van der Waals surface area contributed by atoms with E-state index in [1.165, 1.54) is 18.6 Å². The summed E-state index contributed by atoms with van der Waals surface area (Å²) in [6.07, 6.45) is 7.36. The predicted octanol–water partition coefficient (Wildman–Crippen LogP) is 1.46. The number of carbonyl (C=O) groups is 2. The van der Waals surface area contributed by atoms with Gasteiger partial charge in [0.2, 0.25) is 5.91 Å². The Morgan fingerprint density at radius 1 is 1.14 bits per heavy atom. The maximum absolute atomic E-state index is 13.3. The molecule has 3 heterocycles. The summed E-state index contributed by atoms with van der Waals surface area (Å²) in [6, 6.07) is 9.63. The highest BCUT2D eigenvalue weighted by molar-refractivity contribution is 5.94. The molecule has 3 fully saturated rings. The Kier molecular flexibility index (Phi) is 4.35. The zero-order chi connectivity index (χ0) is 20.0. The molecule has 150 valence electrons. The van der Waals surface area contributed by atoms with Crippen LogP contribution in [0.25, 0.3) is 0 Å². The number of nitrogens with zero attached hydrogens (tertiary/aromatic N) is 4. The van der Waals surface area contributed by atoms with Gasteiger partial charge in [0.15, 0.2) is 0 Å². The van der Waals surface area contributed by atoms with Gasteiger partial charge in [-0.25, -0.2) is 4.98 Å². The normalized spacial score (nSPS) is 24.7. The van der Waals surface area contributed by atoms with E-state index in [0.717, 1.165) is 18.4 Å². The summed E-state index contributed by atoms with van der Waals surface area (Å²) in [5, 5.41) is 10.1. The molecule has 29 heavy (non-hydrogen) atoms. The summed E-state index contributed by atoms with van der Waals surface area (Å²) in [5.74, 6) is 0.454. The standard InChI is InChI=1S/C22H24N4O3/c27-12-18-20(16-4-2-1-3-5-16)22(13-25(14-22)19(28)10-15-6-7-15)26(18)21(29)17-11-23-8-9-24-17/h1-5,8-9,11,15,18,20,27H,6-7,10,12-14H2/t18-,20+/m0/s1. The van der Waals surface area contributed by atoms with Crippen LogP contribution in [0, 0.1) is 5.92 Å². The molecule has 1 aromatic heterocycles. The first kappa shape index (κ1) is 18.2. The highest BCUT2D eigenvalue weighted by atomic mass is 16.3. The number of hydrogen-bond acceptors (Lipinski definition) is 5. The van der Waals surface area contributed by atoms with Crippen molar-refractivity contribution in [3.8, 4) is 0 Å². The number of carbonyl (C=O) groups excluding carboxylic acids is 2. The van der Waals surface area contributed by atoms with Gasteiger partial charge in [0.05, 0.1) is 24.4 Å². The summed E-state index contributed by atoms with van der Waals surface area (Å²) >= 11 is 0. The number of amides is 2. The Morgan fingerprint density at radius 3 is 2.52 bits per heavy atom. The van der Waals surface area contributed by atoms with Gasteiger partial charge in [-0.1, -0.05) is 30.3 Å². The van der Waals surface area contributed by atoms with Gasteiger partial charge in [-0.15, -0.1) is 0 Å². The quantitative estimate of drug-likeness (QED) is 0.833. The second-order valence-corrected chi connectivity index (χ2v) is 8.40. The van der Waals surface area contributed by atoms with E-state index in [2.05, 4.69) is 9.97 Å². The minimum absolute atomic E-state index is 0.0145. The van der Waals surface area contributed by atoms with Crippen LogP contribution < -0.4 is 0 Å². The Labute approximate surface area is 169 Å². The van der Waals surface area contributed by atoms with E-state index in [-0.39, 0.29) is 36.1 Å². The predicted molar refractivity (Wildman–Crippen MR) is 105 cm³/mol. The lowest BCUT2D eigenvalue weighted by molar-refractivity contribution is -0.178. The van der Waals surface area contributed by atoms with Gasteiger partial charge < -0.3 is 14.9 Å².